The SMILES string of the molecule is COc1cc(Cl)ccc1C(=O)N1CCC(N2CCNCC2)C1. The number of hydrogen-bond donors (Lipinski definition) is 1. The Bertz CT molecular complexity index is 546. The van der Waals surface area contributed by atoms with E-state index in [2.05, 4.69) is 10.2 Å². The van der Waals surface area contributed by atoms with E-state index in [1.54, 1.807) is 25.3 Å². The Morgan fingerprint density at radius 2 is 2.09 bits per heavy atom. The summed E-state index contributed by atoms with van der Waals surface area (Å²) >= 11 is 5.97. The van der Waals surface area contributed by atoms with Crippen LogP contribution in [0.15, 0.2) is 18.2 Å². The molecular weight excluding hydrogens is 302 g/mol. The van der Waals surface area contributed by atoms with Crippen molar-refractivity contribution in [1.82, 2.24) is 15.1 Å². The summed E-state index contributed by atoms with van der Waals surface area (Å²) in [5.41, 5.74) is 0.591. The smallest absolute Gasteiger partial charge is 0.257 e. The monoisotopic (exact) mass is 323 g/mol. The minimum atomic E-state index is 0.0335. The standard InChI is InChI=1S/C16H22ClN3O2/c1-22-15-10-12(17)2-3-14(15)16(21)20-7-4-13(11-20)19-8-5-18-6-9-19/h2-3,10,13,18H,4-9,11H2,1H3. The number of amides is 1. The molecule has 1 N–H and O–H groups in total. The number of carbonyl (C=O) groups is 1. The van der Waals surface area contributed by atoms with Crippen molar-refractivity contribution < 1.29 is 9.53 Å². The fraction of sp³-hybridized carbons (Fsp3) is 0.562. The summed E-state index contributed by atoms with van der Waals surface area (Å²) in [6.07, 6.45) is 1.04. The third kappa shape index (κ3) is 3.21. The molecule has 2 aliphatic rings. The predicted molar refractivity (Wildman–Crippen MR) is 86.8 cm³/mol. The molecule has 3 rings (SSSR count). The zero-order chi connectivity index (χ0) is 15.5. The number of carbonyl (C=O) groups excluding carboxylic acids is 1. The number of nitrogens with one attached hydrogen (secondary N) is 1. The van der Waals surface area contributed by atoms with Gasteiger partial charge in [0.05, 0.1) is 12.7 Å². The molecule has 1 aromatic rings. The van der Waals surface area contributed by atoms with E-state index in [1.807, 2.05) is 4.90 Å². The van der Waals surface area contributed by atoms with Crippen LogP contribution >= 0.6 is 11.6 Å². The first-order valence-electron chi connectivity index (χ1n) is 7.76. The van der Waals surface area contributed by atoms with Crippen molar-refractivity contribution in [3.8, 4) is 5.75 Å². The van der Waals surface area contributed by atoms with Crippen molar-refractivity contribution in [2.24, 2.45) is 0 Å². The molecule has 1 aromatic carbocycles. The molecule has 22 heavy (non-hydrogen) atoms. The van der Waals surface area contributed by atoms with E-state index in [1.165, 1.54) is 0 Å². The van der Waals surface area contributed by atoms with Crippen LogP contribution in [-0.4, -0.2) is 68.1 Å². The van der Waals surface area contributed by atoms with E-state index in [-0.39, 0.29) is 5.91 Å². The van der Waals surface area contributed by atoms with Gasteiger partial charge in [-0.3, -0.25) is 9.69 Å². The lowest BCUT2D eigenvalue weighted by atomic mass is 10.1. The number of halogens is 1. The Kier molecular flexibility index (Phi) is 4.86. The number of benzene rings is 1. The Morgan fingerprint density at radius 1 is 1.32 bits per heavy atom. The highest BCUT2D eigenvalue weighted by Gasteiger charge is 2.32. The van der Waals surface area contributed by atoms with Gasteiger partial charge in [-0.25, -0.2) is 0 Å². The number of ether oxygens (including phenoxy) is 1. The molecule has 120 valence electrons. The van der Waals surface area contributed by atoms with E-state index in [0.29, 0.717) is 22.4 Å². The van der Waals surface area contributed by atoms with Crippen molar-refractivity contribution in [1.29, 1.82) is 0 Å². The molecule has 2 heterocycles. The highest BCUT2D eigenvalue weighted by molar-refractivity contribution is 6.30. The summed E-state index contributed by atoms with van der Waals surface area (Å²) in [6, 6.07) is 5.66. The van der Waals surface area contributed by atoms with Crippen LogP contribution in [0.25, 0.3) is 0 Å². The van der Waals surface area contributed by atoms with E-state index in [0.717, 1.165) is 45.7 Å². The summed E-state index contributed by atoms with van der Waals surface area (Å²) in [7, 11) is 1.57. The van der Waals surface area contributed by atoms with Gasteiger partial charge >= 0.3 is 0 Å². The van der Waals surface area contributed by atoms with Crippen LogP contribution in [0.4, 0.5) is 0 Å². The Hall–Kier alpha value is -1.30. The van der Waals surface area contributed by atoms with E-state index in [4.69, 9.17) is 16.3 Å². The van der Waals surface area contributed by atoms with Gasteiger partial charge in [-0.05, 0) is 24.6 Å². The fourth-order valence-corrected chi connectivity index (χ4v) is 3.45. The molecular formula is C16H22ClN3O2. The lowest BCUT2D eigenvalue weighted by Crippen LogP contribution is -2.49. The van der Waals surface area contributed by atoms with Crippen molar-refractivity contribution in [2.45, 2.75) is 12.5 Å². The lowest BCUT2D eigenvalue weighted by molar-refractivity contribution is 0.0770. The summed E-state index contributed by atoms with van der Waals surface area (Å²) in [5.74, 6) is 0.578. The Balaban J connectivity index is 1.68. The zero-order valence-corrected chi connectivity index (χ0v) is 13.6. The Morgan fingerprint density at radius 3 is 2.82 bits per heavy atom. The van der Waals surface area contributed by atoms with Gasteiger partial charge in [0.2, 0.25) is 0 Å². The van der Waals surface area contributed by atoms with Crippen LogP contribution in [-0.2, 0) is 0 Å². The van der Waals surface area contributed by atoms with Gasteiger partial charge in [-0.1, -0.05) is 11.6 Å². The maximum absolute atomic E-state index is 12.7. The van der Waals surface area contributed by atoms with Gasteiger partial charge in [-0.15, -0.1) is 0 Å². The summed E-state index contributed by atoms with van der Waals surface area (Å²) in [4.78, 5) is 17.2. The quantitative estimate of drug-likeness (QED) is 0.915. The number of methoxy groups -OCH3 is 1. The van der Waals surface area contributed by atoms with Gasteiger partial charge in [0.1, 0.15) is 5.75 Å². The van der Waals surface area contributed by atoms with E-state index in [9.17, 15) is 4.79 Å². The second kappa shape index (κ2) is 6.86. The maximum atomic E-state index is 12.7. The fourth-order valence-electron chi connectivity index (χ4n) is 3.28. The third-order valence-electron chi connectivity index (χ3n) is 4.51. The van der Waals surface area contributed by atoms with E-state index >= 15 is 0 Å². The minimum absolute atomic E-state index is 0.0335. The first kappa shape index (κ1) is 15.6. The van der Waals surface area contributed by atoms with E-state index < -0.39 is 0 Å². The van der Waals surface area contributed by atoms with Crippen LogP contribution in [0, 0.1) is 0 Å². The first-order chi connectivity index (χ1) is 10.7. The molecule has 0 radical (unpaired) electrons. The zero-order valence-electron chi connectivity index (χ0n) is 12.8. The van der Waals surface area contributed by atoms with Gasteiger partial charge in [0.15, 0.2) is 0 Å². The van der Waals surface area contributed by atoms with Crippen LogP contribution in [0.2, 0.25) is 5.02 Å². The molecule has 0 aromatic heterocycles. The molecule has 2 fully saturated rings. The third-order valence-corrected chi connectivity index (χ3v) is 4.75. The molecule has 1 unspecified atom stereocenters. The lowest BCUT2D eigenvalue weighted by Gasteiger charge is -2.32. The largest absolute Gasteiger partial charge is 0.496 e. The number of rotatable bonds is 3. The molecule has 6 heteroatoms. The average molecular weight is 324 g/mol. The van der Waals surface area contributed by atoms with Crippen molar-refractivity contribution in [3.05, 3.63) is 28.8 Å². The molecule has 1 atom stereocenters. The average Bonchev–Trinajstić information content (AvgIpc) is 3.05. The summed E-state index contributed by atoms with van der Waals surface area (Å²) in [6.45, 7) is 5.81. The molecule has 0 aliphatic carbocycles. The highest BCUT2D eigenvalue weighted by atomic mass is 35.5. The van der Waals surface area contributed by atoms with Gasteiger partial charge in [-0.2, -0.15) is 0 Å². The molecule has 5 nitrogen and oxygen atoms in total. The van der Waals surface area contributed by atoms with Crippen molar-refractivity contribution in [2.75, 3.05) is 46.4 Å². The number of hydrogen-bond acceptors (Lipinski definition) is 4. The van der Waals surface area contributed by atoms with Crippen molar-refractivity contribution in [3.63, 3.8) is 0 Å². The second-order valence-corrected chi connectivity index (χ2v) is 6.26. The minimum Gasteiger partial charge on any atom is -0.496 e. The second-order valence-electron chi connectivity index (χ2n) is 5.82. The molecule has 2 aliphatic heterocycles. The summed E-state index contributed by atoms with van der Waals surface area (Å²) in [5, 5.41) is 3.94. The molecule has 0 spiro atoms. The van der Waals surface area contributed by atoms with Crippen LogP contribution < -0.4 is 10.1 Å². The van der Waals surface area contributed by atoms with Gasteiger partial charge in [0.25, 0.3) is 5.91 Å². The molecule has 0 saturated carbocycles. The molecule has 2 saturated heterocycles. The highest BCUT2D eigenvalue weighted by Crippen LogP contribution is 2.26. The Labute approximate surface area is 136 Å². The molecule has 1 amide bonds. The number of nitrogens with zero attached hydrogens (tertiary/aromatic N) is 2. The van der Waals surface area contributed by atoms with Crippen LogP contribution in [0.1, 0.15) is 16.8 Å². The van der Waals surface area contributed by atoms with Crippen molar-refractivity contribution >= 4 is 17.5 Å². The number of piperazine rings is 1. The maximum Gasteiger partial charge on any atom is 0.257 e. The van der Waals surface area contributed by atoms with Gasteiger partial charge in [0, 0.05) is 50.3 Å². The topological polar surface area (TPSA) is 44.8 Å². The summed E-state index contributed by atoms with van der Waals surface area (Å²) < 4.78 is 5.30. The van der Waals surface area contributed by atoms with Gasteiger partial charge < -0.3 is 15.0 Å². The molecule has 0 bridgehead atoms. The predicted octanol–water partition coefficient (Wildman–Crippen LogP) is 1.47. The van der Waals surface area contributed by atoms with Crippen LogP contribution in [0.5, 0.6) is 5.75 Å². The number of likely N-dealkylation sites (tertiary alicyclic amines) is 1. The first-order valence-corrected chi connectivity index (χ1v) is 8.14. The van der Waals surface area contributed by atoms with Crippen LogP contribution in [0.3, 0.4) is 0 Å². The normalized spacial score (nSPS) is 22.8.